The molecule has 0 aromatic heterocycles. The molecule has 2 atom stereocenters. The van der Waals surface area contributed by atoms with Gasteiger partial charge in [-0.25, -0.2) is 9.59 Å². The van der Waals surface area contributed by atoms with Crippen LogP contribution >= 0.6 is 0 Å². The number of alkyl carbamates (subject to hydrolysis) is 1. The van der Waals surface area contributed by atoms with Gasteiger partial charge in [-0.2, -0.15) is 0 Å². The lowest BCUT2D eigenvalue weighted by Crippen LogP contribution is -2.50. The molecule has 0 saturated carbocycles. The predicted molar refractivity (Wildman–Crippen MR) is 92.7 cm³/mol. The molecule has 0 aromatic carbocycles. The molecule has 0 spiro atoms. The van der Waals surface area contributed by atoms with Crippen LogP contribution in [0.25, 0.3) is 0 Å². The van der Waals surface area contributed by atoms with Crippen molar-refractivity contribution in [3.05, 3.63) is 0 Å². The van der Waals surface area contributed by atoms with Crippen LogP contribution in [-0.4, -0.2) is 54.5 Å². The minimum Gasteiger partial charge on any atom is -0.444 e. The number of nitrogens with zero attached hydrogens (tertiary/aromatic N) is 1. The number of piperidine rings is 1. The summed E-state index contributed by atoms with van der Waals surface area (Å²) < 4.78 is 10.7. The second-order valence-electron chi connectivity index (χ2n) is 8.35. The van der Waals surface area contributed by atoms with Crippen molar-refractivity contribution in [2.24, 2.45) is 17.6 Å². The van der Waals surface area contributed by atoms with Gasteiger partial charge in [-0.1, -0.05) is 0 Å². The van der Waals surface area contributed by atoms with Gasteiger partial charge in [-0.05, 0) is 66.3 Å². The van der Waals surface area contributed by atoms with Crippen molar-refractivity contribution in [3.8, 4) is 0 Å². The Morgan fingerprint density at radius 3 is 2.17 bits per heavy atom. The summed E-state index contributed by atoms with van der Waals surface area (Å²) in [6.07, 6.45) is 0.0315. The predicted octanol–water partition coefficient (Wildman–Crippen LogP) is 2.34. The Balaban J connectivity index is 2.59. The third-order valence-corrected chi connectivity index (χ3v) is 3.75. The molecule has 24 heavy (non-hydrogen) atoms. The van der Waals surface area contributed by atoms with E-state index in [2.05, 4.69) is 5.32 Å². The Hall–Kier alpha value is -1.50. The molecule has 7 nitrogen and oxygen atoms in total. The average molecular weight is 343 g/mol. The van der Waals surface area contributed by atoms with Crippen LogP contribution in [0.5, 0.6) is 0 Å². The molecule has 0 bridgehead atoms. The highest BCUT2D eigenvalue weighted by atomic mass is 16.6. The van der Waals surface area contributed by atoms with Gasteiger partial charge in [-0.15, -0.1) is 0 Å². The van der Waals surface area contributed by atoms with Gasteiger partial charge in [0, 0.05) is 19.6 Å². The summed E-state index contributed by atoms with van der Waals surface area (Å²) in [5.74, 6) is 0.349. The Bertz CT molecular complexity index is 440. The zero-order valence-corrected chi connectivity index (χ0v) is 15.8. The number of rotatable bonds is 3. The number of hydrogen-bond donors (Lipinski definition) is 2. The molecule has 1 heterocycles. The number of nitrogens with one attached hydrogen (secondary N) is 1. The van der Waals surface area contributed by atoms with Crippen LogP contribution in [0.4, 0.5) is 9.59 Å². The fourth-order valence-electron chi connectivity index (χ4n) is 2.64. The molecule has 1 rings (SSSR count). The normalized spacial score (nSPS) is 22.0. The van der Waals surface area contributed by atoms with Gasteiger partial charge in [0.25, 0.3) is 0 Å². The standard InChI is InChI=1S/C17H33N3O4/c1-16(2,3)23-14(21)19-10-13-11-20(8-7-12(13)9-18)15(22)24-17(4,5)6/h12-13H,7-11,18H2,1-6H3,(H,19,21)/t12-,13+/m0/s1. The highest BCUT2D eigenvalue weighted by Crippen LogP contribution is 2.24. The van der Waals surface area contributed by atoms with Crippen molar-refractivity contribution < 1.29 is 19.1 Å². The van der Waals surface area contributed by atoms with Crippen LogP contribution in [0, 0.1) is 11.8 Å². The number of carbonyl (C=O) groups excluding carboxylic acids is 2. The summed E-state index contributed by atoms with van der Waals surface area (Å²) in [6.45, 7) is 13.1. The first-order valence-electron chi connectivity index (χ1n) is 8.56. The molecule has 7 heteroatoms. The molecule has 2 amide bonds. The minimum atomic E-state index is -0.535. The van der Waals surface area contributed by atoms with E-state index in [1.54, 1.807) is 4.90 Å². The zero-order chi connectivity index (χ0) is 18.5. The summed E-state index contributed by atoms with van der Waals surface area (Å²) in [4.78, 5) is 25.8. The van der Waals surface area contributed by atoms with Gasteiger partial charge < -0.3 is 25.4 Å². The second kappa shape index (κ2) is 8.05. The smallest absolute Gasteiger partial charge is 0.410 e. The zero-order valence-electron chi connectivity index (χ0n) is 15.8. The van der Waals surface area contributed by atoms with Crippen LogP contribution in [0.15, 0.2) is 0 Å². The first kappa shape index (κ1) is 20.5. The monoisotopic (exact) mass is 343 g/mol. The molecular weight excluding hydrogens is 310 g/mol. The van der Waals surface area contributed by atoms with E-state index in [0.29, 0.717) is 26.2 Å². The lowest BCUT2D eigenvalue weighted by molar-refractivity contribution is 0.0103. The Kier molecular flexibility index (Phi) is 6.89. The lowest BCUT2D eigenvalue weighted by Gasteiger charge is -2.38. The molecular formula is C17H33N3O4. The van der Waals surface area contributed by atoms with Crippen molar-refractivity contribution in [2.45, 2.75) is 59.2 Å². The molecule has 3 N–H and O–H groups in total. The summed E-state index contributed by atoms with van der Waals surface area (Å²) in [5.41, 5.74) is 4.79. The van der Waals surface area contributed by atoms with E-state index in [-0.39, 0.29) is 17.9 Å². The summed E-state index contributed by atoms with van der Waals surface area (Å²) in [5, 5.41) is 2.79. The summed E-state index contributed by atoms with van der Waals surface area (Å²) >= 11 is 0. The highest BCUT2D eigenvalue weighted by Gasteiger charge is 2.33. The van der Waals surface area contributed by atoms with E-state index in [9.17, 15) is 9.59 Å². The van der Waals surface area contributed by atoms with Crippen molar-refractivity contribution in [1.82, 2.24) is 10.2 Å². The van der Waals surface area contributed by atoms with Crippen molar-refractivity contribution in [3.63, 3.8) is 0 Å². The van der Waals surface area contributed by atoms with E-state index in [1.807, 2.05) is 41.5 Å². The largest absolute Gasteiger partial charge is 0.444 e. The molecule has 140 valence electrons. The Labute approximate surface area is 145 Å². The first-order valence-corrected chi connectivity index (χ1v) is 8.56. The molecule has 1 aliphatic heterocycles. The van der Waals surface area contributed by atoms with E-state index in [0.717, 1.165) is 6.42 Å². The fraction of sp³-hybridized carbons (Fsp3) is 0.882. The van der Waals surface area contributed by atoms with E-state index in [1.165, 1.54) is 0 Å². The number of carbonyl (C=O) groups is 2. The van der Waals surface area contributed by atoms with Crippen LogP contribution in [0.3, 0.4) is 0 Å². The van der Waals surface area contributed by atoms with Crippen molar-refractivity contribution >= 4 is 12.2 Å². The van der Waals surface area contributed by atoms with Crippen molar-refractivity contribution in [1.29, 1.82) is 0 Å². The third kappa shape index (κ3) is 7.38. The van der Waals surface area contributed by atoms with E-state index >= 15 is 0 Å². The average Bonchev–Trinajstić information content (AvgIpc) is 2.41. The van der Waals surface area contributed by atoms with Gasteiger partial charge >= 0.3 is 12.2 Å². The van der Waals surface area contributed by atoms with Crippen LogP contribution in [0.1, 0.15) is 48.0 Å². The number of ether oxygens (including phenoxy) is 2. The maximum absolute atomic E-state index is 12.2. The van der Waals surface area contributed by atoms with Crippen LogP contribution in [-0.2, 0) is 9.47 Å². The molecule has 1 saturated heterocycles. The molecule has 0 aliphatic carbocycles. The maximum Gasteiger partial charge on any atom is 0.410 e. The lowest BCUT2D eigenvalue weighted by atomic mass is 9.85. The van der Waals surface area contributed by atoms with Gasteiger partial charge in [0.1, 0.15) is 11.2 Å². The molecule has 0 radical (unpaired) electrons. The van der Waals surface area contributed by atoms with Crippen LogP contribution < -0.4 is 11.1 Å². The highest BCUT2D eigenvalue weighted by molar-refractivity contribution is 5.68. The number of amides is 2. The Morgan fingerprint density at radius 2 is 1.67 bits per heavy atom. The van der Waals surface area contributed by atoms with E-state index < -0.39 is 17.3 Å². The molecule has 1 fully saturated rings. The van der Waals surface area contributed by atoms with Gasteiger partial charge in [0.2, 0.25) is 0 Å². The second-order valence-corrected chi connectivity index (χ2v) is 8.35. The Morgan fingerprint density at radius 1 is 1.08 bits per heavy atom. The topological polar surface area (TPSA) is 93.9 Å². The molecule has 0 aromatic rings. The molecule has 0 unspecified atom stereocenters. The van der Waals surface area contributed by atoms with E-state index in [4.69, 9.17) is 15.2 Å². The first-order chi connectivity index (χ1) is 10.9. The van der Waals surface area contributed by atoms with Gasteiger partial charge in [0.15, 0.2) is 0 Å². The van der Waals surface area contributed by atoms with Gasteiger partial charge in [0.05, 0.1) is 0 Å². The summed E-state index contributed by atoms with van der Waals surface area (Å²) in [7, 11) is 0. The maximum atomic E-state index is 12.2. The number of hydrogen-bond acceptors (Lipinski definition) is 5. The molecule has 1 aliphatic rings. The van der Waals surface area contributed by atoms with Gasteiger partial charge in [-0.3, -0.25) is 0 Å². The van der Waals surface area contributed by atoms with Crippen molar-refractivity contribution in [2.75, 3.05) is 26.2 Å². The SMILES string of the molecule is CC(C)(C)OC(=O)NC[C@@H]1CN(C(=O)OC(C)(C)C)CC[C@H]1CN. The summed E-state index contributed by atoms with van der Waals surface area (Å²) in [6, 6.07) is 0. The fourth-order valence-corrected chi connectivity index (χ4v) is 2.64. The quantitative estimate of drug-likeness (QED) is 0.820. The number of likely N-dealkylation sites (tertiary alicyclic amines) is 1. The van der Waals surface area contributed by atoms with Crippen LogP contribution in [0.2, 0.25) is 0 Å². The third-order valence-electron chi connectivity index (χ3n) is 3.75. The number of nitrogens with two attached hydrogens (primary N) is 1. The minimum absolute atomic E-state index is 0.0868.